The topological polar surface area (TPSA) is 97.3 Å². The summed E-state index contributed by atoms with van der Waals surface area (Å²) in [7, 11) is -0.132. The quantitative estimate of drug-likeness (QED) is 0.438. The fourth-order valence-corrected chi connectivity index (χ4v) is 5.59. The number of rotatable bonds is 7. The van der Waals surface area contributed by atoms with Crippen molar-refractivity contribution in [3.05, 3.63) is 71.3 Å². The van der Waals surface area contributed by atoms with Gasteiger partial charge in [0.1, 0.15) is 23.1 Å². The van der Waals surface area contributed by atoms with Crippen molar-refractivity contribution in [3.63, 3.8) is 0 Å². The van der Waals surface area contributed by atoms with E-state index in [4.69, 9.17) is 16.3 Å². The Morgan fingerprint density at radius 3 is 2.51 bits per heavy atom. The van der Waals surface area contributed by atoms with Gasteiger partial charge in [-0.3, -0.25) is 4.72 Å². The van der Waals surface area contributed by atoms with Crippen LogP contribution >= 0.6 is 11.6 Å². The van der Waals surface area contributed by atoms with E-state index in [1.54, 1.807) is 6.07 Å². The van der Waals surface area contributed by atoms with Crippen LogP contribution in [0.1, 0.15) is 36.3 Å². The van der Waals surface area contributed by atoms with E-state index in [-0.39, 0.29) is 39.7 Å². The van der Waals surface area contributed by atoms with Crippen molar-refractivity contribution in [1.29, 1.82) is 0 Å². The van der Waals surface area contributed by atoms with Crippen molar-refractivity contribution in [1.82, 2.24) is 19.9 Å². The second-order valence-electron chi connectivity index (χ2n) is 8.97. The number of halogens is 4. The van der Waals surface area contributed by atoms with E-state index in [1.807, 2.05) is 19.0 Å². The van der Waals surface area contributed by atoms with Crippen LogP contribution in [0.25, 0.3) is 0 Å². The number of anilines is 1. The lowest BCUT2D eigenvalue weighted by molar-refractivity contribution is -0.137. The normalized spacial score (nSPS) is 20.6. The molecule has 1 aliphatic rings. The molecule has 3 atom stereocenters. The number of hydrogen-bond donors (Lipinski definition) is 1. The first-order valence-corrected chi connectivity index (χ1v) is 13.2. The predicted octanol–water partition coefficient (Wildman–Crippen LogP) is 4.99. The van der Waals surface area contributed by atoms with Crippen molar-refractivity contribution in [2.75, 3.05) is 18.8 Å². The molecule has 4 rings (SSSR count). The SMILES string of the molecule is CN(C)[C@H]1C[C@@H](c2ccc(Cl)c(C(F)(F)F)c2)CC[C@@H]1Oc1ccc(S(=O)(=O)Nc2ccncn2)cn1. The molecule has 1 N–H and O–H groups in total. The Balaban J connectivity index is 1.46. The molecule has 0 aliphatic heterocycles. The number of benzene rings is 1. The van der Waals surface area contributed by atoms with Gasteiger partial charge in [0.05, 0.1) is 16.8 Å². The molecule has 13 heteroatoms. The summed E-state index contributed by atoms with van der Waals surface area (Å²) in [4.78, 5) is 13.7. The molecule has 1 aliphatic carbocycles. The van der Waals surface area contributed by atoms with E-state index in [0.717, 1.165) is 6.07 Å². The number of ether oxygens (including phenoxy) is 1. The van der Waals surface area contributed by atoms with Gasteiger partial charge in [0.25, 0.3) is 10.0 Å². The highest BCUT2D eigenvalue weighted by Gasteiger charge is 2.37. The number of likely N-dealkylation sites (N-methyl/N-ethyl adjacent to an activating group) is 1. The highest BCUT2D eigenvalue weighted by molar-refractivity contribution is 7.92. The van der Waals surface area contributed by atoms with Crippen molar-refractivity contribution >= 4 is 27.4 Å². The summed E-state index contributed by atoms with van der Waals surface area (Å²) in [5.41, 5.74) is -0.245. The third kappa shape index (κ3) is 6.49. The molecule has 37 heavy (non-hydrogen) atoms. The lowest BCUT2D eigenvalue weighted by atomic mass is 9.79. The number of aromatic nitrogens is 3. The molecule has 0 unspecified atom stereocenters. The number of nitrogens with one attached hydrogen (secondary N) is 1. The Hall–Kier alpha value is -2.96. The van der Waals surface area contributed by atoms with Gasteiger partial charge >= 0.3 is 6.18 Å². The number of alkyl halides is 3. The van der Waals surface area contributed by atoms with Crippen LogP contribution in [0, 0.1) is 0 Å². The molecule has 0 amide bonds. The Morgan fingerprint density at radius 1 is 1.11 bits per heavy atom. The third-order valence-electron chi connectivity index (χ3n) is 6.30. The summed E-state index contributed by atoms with van der Waals surface area (Å²) >= 11 is 5.79. The molecule has 0 spiro atoms. The van der Waals surface area contributed by atoms with E-state index in [0.29, 0.717) is 24.8 Å². The number of sulfonamides is 1. The Morgan fingerprint density at radius 2 is 1.89 bits per heavy atom. The summed E-state index contributed by atoms with van der Waals surface area (Å²) in [6, 6.07) is 8.26. The smallest absolute Gasteiger partial charge is 0.417 e. The van der Waals surface area contributed by atoms with E-state index in [9.17, 15) is 21.6 Å². The molecule has 8 nitrogen and oxygen atoms in total. The zero-order chi connectivity index (χ0) is 26.8. The zero-order valence-corrected chi connectivity index (χ0v) is 21.6. The fourth-order valence-electron chi connectivity index (χ4n) is 4.41. The molecule has 2 aromatic heterocycles. The highest BCUT2D eigenvalue weighted by atomic mass is 35.5. The average Bonchev–Trinajstić information content (AvgIpc) is 2.84. The van der Waals surface area contributed by atoms with Gasteiger partial charge in [-0.05, 0) is 69.1 Å². The molecule has 2 heterocycles. The minimum atomic E-state index is -4.52. The van der Waals surface area contributed by atoms with Gasteiger partial charge in [0.2, 0.25) is 5.88 Å². The first kappa shape index (κ1) is 27.1. The second-order valence-corrected chi connectivity index (χ2v) is 11.1. The second kappa shape index (κ2) is 10.8. The summed E-state index contributed by atoms with van der Waals surface area (Å²) < 4.78 is 73.7. The number of hydrogen-bond acceptors (Lipinski definition) is 7. The predicted molar refractivity (Wildman–Crippen MR) is 132 cm³/mol. The molecule has 1 fully saturated rings. The molecule has 0 bridgehead atoms. The monoisotopic (exact) mass is 555 g/mol. The molecule has 1 saturated carbocycles. The van der Waals surface area contributed by atoms with E-state index < -0.39 is 21.8 Å². The summed E-state index contributed by atoms with van der Waals surface area (Å²) in [6.45, 7) is 0. The minimum absolute atomic E-state index is 0.0606. The van der Waals surface area contributed by atoms with E-state index in [2.05, 4.69) is 19.7 Å². The Bertz CT molecular complexity index is 1330. The summed E-state index contributed by atoms with van der Waals surface area (Å²) in [6.07, 6.45) is 0.799. The lowest BCUT2D eigenvalue weighted by Gasteiger charge is -2.39. The maximum Gasteiger partial charge on any atom is 0.417 e. The first-order valence-electron chi connectivity index (χ1n) is 11.4. The molecule has 1 aromatic carbocycles. The van der Waals surface area contributed by atoms with Crippen molar-refractivity contribution in [2.24, 2.45) is 0 Å². The van der Waals surface area contributed by atoms with Gasteiger partial charge in [-0.15, -0.1) is 0 Å². The molecule has 0 radical (unpaired) electrons. The number of pyridine rings is 1. The van der Waals surface area contributed by atoms with E-state index >= 15 is 0 Å². The van der Waals surface area contributed by atoms with Crippen LogP contribution < -0.4 is 9.46 Å². The van der Waals surface area contributed by atoms with Gasteiger partial charge in [0.15, 0.2) is 0 Å². The first-order chi connectivity index (χ1) is 17.4. The van der Waals surface area contributed by atoms with Crippen LogP contribution in [0.2, 0.25) is 5.02 Å². The minimum Gasteiger partial charge on any atom is -0.473 e. The van der Waals surface area contributed by atoms with Crippen LogP contribution in [0.3, 0.4) is 0 Å². The van der Waals surface area contributed by atoms with Crippen LogP contribution in [0.15, 0.2) is 60.0 Å². The highest BCUT2D eigenvalue weighted by Crippen LogP contribution is 2.41. The molecular formula is C24H25ClF3N5O3S. The third-order valence-corrected chi connectivity index (χ3v) is 7.97. The van der Waals surface area contributed by atoms with Crippen LogP contribution in [0.5, 0.6) is 5.88 Å². The summed E-state index contributed by atoms with van der Waals surface area (Å²) in [5, 5.41) is -0.318. The number of nitrogens with zero attached hydrogens (tertiary/aromatic N) is 4. The van der Waals surface area contributed by atoms with E-state index in [1.165, 1.54) is 43.0 Å². The largest absolute Gasteiger partial charge is 0.473 e. The van der Waals surface area contributed by atoms with Gasteiger partial charge in [0, 0.05) is 18.3 Å². The average molecular weight is 556 g/mol. The van der Waals surface area contributed by atoms with Gasteiger partial charge in [-0.25, -0.2) is 23.4 Å². The fraction of sp³-hybridized carbons (Fsp3) is 0.375. The van der Waals surface area contributed by atoms with Crippen molar-refractivity contribution in [2.45, 2.75) is 48.4 Å². The van der Waals surface area contributed by atoms with Gasteiger partial charge in [-0.2, -0.15) is 13.2 Å². The van der Waals surface area contributed by atoms with Crippen molar-refractivity contribution in [3.8, 4) is 5.88 Å². The maximum atomic E-state index is 13.3. The molecule has 0 saturated heterocycles. The van der Waals surface area contributed by atoms with Gasteiger partial charge < -0.3 is 9.64 Å². The Labute approximate surface area is 217 Å². The van der Waals surface area contributed by atoms with Crippen LogP contribution in [-0.4, -0.2) is 54.5 Å². The van der Waals surface area contributed by atoms with Crippen LogP contribution in [0.4, 0.5) is 19.0 Å². The van der Waals surface area contributed by atoms with Gasteiger partial charge in [-0.1, -0.05) is 17.7 Å². The molecular weight excluding hydrogens is 531 g/mol. The zero-order valence-electron chi connectivity index (χ0n) is 20.0. The van der Waals surface area contributed by atoms with Crippen molar-refractivity contribution < 1.29 is 26.3 Å². The molecule has 198 valence electrons. The van der Waals surface area contributed by atoms with Crippen LogP contribution in [-0.2, 0) is 16.2 Å². The molecule has 3 aromatic rings. The lowest BCUT2D eigenvalue weighted by Crippen LogP contribution is -2.46. The standard InChI is InChI=1S/C24H25ClF3N5O3S/c1-33(2)20-12-16(15-3-6-19(25)18(11-15)24(26,27)28)4-7-21(20)36-23-8-5-17(13-30-23)37(34,35)32-22-9-10-29-14-31-22/h3,5-6,8-11,13-14,16,20-21H,4,7,12H2,1-2H3,(H,29,31,32)/t16-,20-,21-/m0/s1. The summed E-state index contributed by atoms with van der Waals surface area (Å²) in [5.74, 6) is 0.282. The Kier molecular flexibility index (Phi) is 7.91. The maximum absolute atomic E-state index is 13.3.